The highest BCUT2D eigenvalue weighted by Crippen LogP contribution is 2.45. The van der Waals surface area contributed by atoms with Crippen LogP contribution in [0.15, 0.2) is 60.1 Å². The Kier molecular flexibility index (Phi) is 4.96. The van der Waals surface area contributed by atoms with E-state index in [0.717, 1.165) is 29.2 Å². The SMILES string of the molecule is Clc1ccc(-c2cncc(C3=C4C=C4N(CCCN4CCCCC4)C3)c2)cc1. The maximum atomic E-state index is 6.03. The molecule has 1 aromatic carbocycles. The van der Waals surface area contributed by atoms with E-state index in [1.165, 1.54) is 67.7 Å². The van der Waals surface area contributed by atoms with Gasteiger partial charge in [-0.3, -0.25) is 4.98 Å². The summed E-state index contributed by atoms with van der Waals surface area (Å²) >= 11 is 6.03. The van der Waals surface area contributed by atoms with Crippen LogP contribution in [0.4, 0.5) is 0 Å². The van der Waals surface area contributed by atoms with Crippen molar-refractivity contribution in [3.63, 3.8) is 0 Å². The van der Waals surface area contributed by atoms with Gasteiger partial charge in [-0.2, -0.15) is 0 Å². The number of hydrogen-bond donors (Lipinski definition) is 0. The Morgan fingerprint density at radius 2 is 1.68 bits per heavy atom. The van der Waals surface area contributed by atoms with Gasteiger partial charge in [0.15, 0.2) is 0 Å². The van der Waals surface area contributed by atoms with Gasteiger partial charge in [-0.25, -0.2) is 0 Å². The molecule has 1 aromatic heterocycles. The predicted octanol–water partition coefficient (Wildman–Crippen LogP) is 5.24. The highest BCUT2D eigenvalue weighted by molar-refractivity contribution is 6.30. The number of hydrogen-bond acceptors (Lipinski definition) is 3. The molecule has 0 N–H and O–H groups in total. The van der Waals surface area contributed by atoms with Crippen LogP contribution < -0.4 is 0 Å². The zero-order valence-corrected chi connectivity index (χ0v) is 17.0. The van der Waals surface area contributed by atoms with Gasteiger partial charge in [0.25, 0.3) is 0 Å². The van der Waals surface area contributed by atoms with E-state index in [9.17, 15) is 0 Å². The van der Waals surface area contributed by atoms with E-state index in [1.54, 1.807) is 0 Å². The van der Waals surface area contributed by atoms with E-state index in [2.05, 4.69) is 39.1 Å². The molecule has 0 spiro atoms. The summed E-state index contributed by atoms with van der Waals surface area (Å²) in [5.74, 6) is 0. The molecule has 0 radical (unpaired) electrons. The van der Waals surface area contributed by atoms with Gasteiger partial charge in [-0.05, 0) is 79.9 Å². The first-order valence-electron chi connectivity index (χ1n) is 10.4. The minimum Gasteiger partial charge on any atom is -0.367 e. The van der Waals surface area contributed by atoms with Gasteiger partial charge in [0.05, 0.1) is 0 Å². The number of likely N-dealkylation sites (tertiary alicyclic amines) is 1. The number of halogens is 1. The van der Waals surface area contributed by atoms with E-state index in [4.69, 9.17) is 11.6 Å². The Labute approximate surface area is 172 Å². The monoisotopic (exact) mass is 391 g/mol. The Morgan fingerprint density at radius 1 is 0.893 bits per heavy atom. The summed E-state index contributed by atoms with van der Waals surface area (Å²) < 4.78 is 0. The van der Waals surface area contributed by atoms with Crippen molar-refractivity contribution in [1.82, 2.24) is 14.8 Å². The van der Waals surface area contributed by atoms with Crippen LogP contribution in [0.2, 0.25) is 5.02 Å². The first-order valence-corrected chi connectivity index (χ1v) is 10.8. The zero-order valence-electron chi connectivity index (χ0n) is 16.2. The van der Waals surface area contributed by atoms with Crippen LogP contribution >= 0.6 is 11.6 Å². The van der Waals surface area contributed by atoms with Gasteiger partial charge in [0.2, 0.25) is 0 Å². The van der Waals surface area contributed by atoms with Crippen molar-refractivity contribution in [2.45, 2.75) is 25.7 Å². The molecule has 3 nitrogen and oxygen atoms in total. The lowest BCUT2D eigenvalue weighted by atomic mass is 10.0. The van der Waals surface area contributed by atoms with Crippen LogP contribution in [0.5, 0.6) is 0 Å². The summed E-state index contributed by atoms with van der Waals surface area (Å²) in [5.41, 5.74) is 7.86. The van der Waals surface area contributed by atoms with Gasteiger partial charge in [-0.15, -0.1) is 0 Å². The highest BCUT2D eigenvalue weighted by atomic mass is 35.5. The molecule has 5 rings (SSSR count). The van der Waals surface area contributed by atoms with E-state index < -0.39 is 0 Å². The third-order valence-corrected chi connectivity index (χ3v) is 6.36. The summed E-state index contributed by atoms with van der Waals surface area (Å²) in [5, 5.41) is 0.764. The van der Waals surface area contributed by atoms with Gasteiger partial charge in [0.1, 0.15) is 0 Å². The van der Waals surface area contributed by atoms with E-state index in [0.29, 0.717) is 0 Å². The minimum atomic E-state index is 0.764. The predicted molar refractivity (Wildman–Crippen MR) is 116 cm³/mol. The molecule has 1 aliphatic carbocycles. The van der Waals surface area contributed by atoms with Gasteiger partial charge in [-0.1, -0.05) is 30.2 Å². The van der Waals surface area contributed by atoms with Crippen molar-refractivity contribution in [2.75, 3.05) is 32.7 Å². The van der Waals surface area contributed by atoms with Crippen LogP contribution in [-0.2, 0) is 0 Å². The van der Waals surface area contributed by atoms with Crippen molar-refractivity contribution in [2.24, 2.45) is 0 Å². The van der Waals surface area contributed by atoms with Gasteiger partial charge < -0.3 is 9.80 Å². The molecule has 0 unspecified atom stereocenters. The number of piperidine rings is 1. The molecule has 1 saturated heterocycles. The normalized spacial score (nSPS) is 19.0. The fraction of sp³-hybridized carbons (Fsp3) is 0.375. The highest BCUT2D eigenvalue weighted by Gasteiger charge is 2.34. The van der Waals surface area contributed by atoms with Crippen molar-refractivity contribution in [3.8, 4) is 11.1 Å². The molecule has 0 amide bonds. The average molecular weight is 392 g/mol. The molecule has 2 aromatic rings. The molecule has 1 fully saturated rings. The van der Waals surface area contributed by atoms with Crippen LogP contribution in [0.1, 0.15) is 31.2 Å². The second kappa shape index (κ2) is 7.73. The number of fused-ring (bicyclic) bond motifs is 1. The van der Waals surface area contributed by atoms with Crippen LogP contribution in [-0.4, -0.2) is 47.5 Å². The molecule has 144 valence electrons. The number of benzene rings is 1. The lowest BCUT2D eigenvalue weighted by molar-refractivity contribution is 0.218. The minimum absolute atomic E-state index is 0.764. The van der Waals surface area contributed by atoms with Gasteiger partial charge in [0, 0.05) is 47.3 Å². The van der Waals surface area contributed by atoms with Crippen molar-refractivity contribution >= 4 is 17.2 Å². The maximum Gasteiger partial charge on any atom is 0.0454 e. The van der Waals surface area contributed by atoms with Crippen LogP contribution in [0.25, 0.3) is 16.7 Å². The molecule has 0 bridgehead atoms. The Balaban J connectivity index is 1.23. The first kappa shape index (κ1) is 18.0. The molecule has 0 atom stereocenters. The third kappa shape index (κ3) is 3.74. The topological polar surface area (TPSA) is 19.4 Å². The molecular formula is C24H26ClN3. The third-order valence-electron chi connectivity index (χ3n) is 6.10. The number of allylic oxidation sites excluding steroid dienone is 2. The largest absolute Gasteiger partial charge is 0.367 e. The smallest absolute Gasteiger partial charge is 0.0454 e. The van der Waals surface area contributed by atoms with E-state index >= 15 is 0 Å². The fourth-order valence-corrected chi connectivity index (χ4v) is 4.61. The zero-order chi connectivity index (χ0) is 18.9. The lowest BCUT2D eigenvalue weighted by Gasteiger charge is -2.27. The average Bonchev–Trinajstić information content (AvgIpc) is 3.45. The fourth-order valence-electron chi connectivity index (χ4n) is 4.48. The Bertz CT molecular complexity index is 923. The molecule has 3 aliphatic rings. The molecule has 2 aliphatic heterocycles. The molecule has 4 heteroatoms. The molecular weight excluding hydrogens is 366 g/mol. The molecule has 28 heavy (non-hydrogen) atoms. The summed E-state index contributed by atoms with van der Waals surface area (Å²) in [6.07, 6.45) is 11.7. The van der Waals surface area contributed by atoms with Crippen LogP contribution in [0.3, 0.4) is 0 Å². The van der Waals surface area contributed by atoms with Crippen molar-refractivity contribution < 1.29 is 0 Å². The second-order valence-corrected chi connectivity index (χ2v) is 8.50. The molecule has 3 heterocycles. The van der Waals surface area contributed by atoms with Gasteiger partial charge >= 0.3 is 0 Å². The number of aromatic nitrogens is 1. The summed E-state index contributed by atoms with van der Waals surface area (Å²) in [6, 6.07) is 10.3. The summed E-state index contributed by atoms with van der Waals surface area (Å²) in [6.45, 7) is 6.00. The summed E-state index contributed by atoms with van der Waals surface area (Å²) in [7, 11) is 0. The number of pyridine rings is 1. The quantitative estimate of drug-likeness (QED) is 0.670. The standard InChI is InChI=1S/C24H26ClN3/c25-21-7-5-18(6-8-21)19-13-20(16-26-15-19)23-17-28(24-14-22(23)24)12-4-11-27-9-2-1-3-10-27/h5-8,13-16H,1-4,9-12,17H2. The maximum absolute atomic E-state index is 6.03. The Morgan fingerprint density at radius 3 is 2.50 bits per heavy atom. The van der Waals surface area contributed by atoms with Crippen molar-refractivity contribution in [3.05, 3.63) is 70.7 Å². The first-order chi connectivity index (χ1) is 13.8. The number of nitrogens with zero attached hydrogens (tertiary/aromatic N) is 3. The number of rotatable bonds is 6. The Hall–Kier alpha value is -2.10. The molecule has 0 saturated carbocycles. The van der Waals surface area contributed by atoms with Crippen molar-refractivity contribution in [1.29, 1.82) is 0 Å². The second-order valence-electron chi connectivity index (χ2n) is 8.07. The lowest BCUT2D eigenvalue weighted by Crippen LogP contribution is -2.32. The van der Waals surface area contributed by atoms with E-state index in [-0.39, 0.29) is 0 Å². The van der Waals surface area contributed by atoms with E-state index in [1.807, 2.05) is 24.5 Å². The summed E-state index contributed by atoms with van der Waals surface area (Å²) in [4.78, 5) is 9.69. The van der Waals surface area contributed by atoms with Crippen LogP contribution in [0, 0.1) is 0 Å².